The highest BCUT2D eigenvalue weighted by molar-refractivity contribution is 5.80. The van der Waals surface area contributed by atoms with Gasteiger partial charge in [0.15, 0.2) is 0 Å². The number of carbonyl (C=O) groups is 2. The predicted molar refractivity (Wildman–Crippen MR) is 193 cm³/mol. The first kappa shape index (κ1) is 46.2. The molecule has 0 radical (unpaired) electrons. The zero-order chi connectivity index (χ0) is 33.7. The Morgan fingerprint density at radius 2 is 0.643 bits per heavy atom. The summed E-state index contributed by atoms with van der Waals surface area (Å²) in [4.78, 5) is 21.5. The van der Waals surface area contributed by atoms with Gasteiger partial charge in [-0.1, -0.05) is 150 Å². The first-order chi connectivity index (χ1) is 19.4. The predicted octanol–water partition coefficient (Wildman–Crippen LogP) is 12.6. The molecule has 0 aliphatic heterocycles. The van der Waals surface area contributed by atoms with Crippen molar-refractivity contribution in [1.29, 1.82) is 0 Å². The van der Waals surface area contributed by atoms with Gasteiger partial charge >= 0.3 is 0 Å². The summed E-state index contributed by atoms with van der Waals surface area (Å²) in [6.45, 7) is 32.5. The second-order valence-electron chi connectivity index (χ2n) is 12.1. The van der Waals surface area contributed by atoms with E-state index in [1.165, 1.54) is 35.1 Å². The number of hydrogen-bond donors (Lipinski definition) is 0. The normalized spacial score (nSPS) is 13.3. The molecule has 0 aromatic carbocycles. The van der Waals surface area contributed by atoms with Crippen LogP contribution >= 0.6 is 0 Å². The lowest BCUT2D eigenvalue weighted by Gasteiger charge is -1.96. The summed E-state index contributed by atoms with van der Waals surface area (Å²) in [6.07, 6.45) is 27.2. The van der Waals surface area contributed by atoms with Gasteiger partial charge < -0.3 is 0 Å². The van der Waals surface area contributed by atoms with Crippen LogP contribution in [0.3, 0.4) is 0 Å². The van der Waals surface area contributed by atoms with E-state index < -0.39 is 0 Å². The number of carbonyl (C=O) groups excluding carboxylic acids is 2. The Morgan fingerprint density at radius 1 is 0.429 bits per heavy atom. The molecule has 240 valence electrons. The molecule has 4 atom stereocenters. The molecule has 0 saturated heterocycles. The van der Waals surface area contributed by atoms with E-state index in [-0.39, 0.29) is 23.4 Å². The average Bonchev–Trinajstić information content (AvgIpc) is 2.88. The zero-order valence-corrected chi connectivity index (χ0v) is 30.5. The van der Waals surface area contributed by atoms with E-state index in [9.17, 15) is 9.59 Å². The van der Waals surface area contributed by atoms with E-state index in [0.29, 0.717) is 0 Å². The maximum absolute atomic E-state index is 10.7. The molecule has 0 rings (SSSR count). The molecule has 0 bridgehead atoms. The van der Waals surface area contributed by atoms with Crippen molar-refractivity contribution < 1.29 is 9.59 Å². The van der Waals surface area contributed by atoms with Crippen LogP contribution in [0.25, 0.3) is 0 Å². The zero-order valence-electron chi connectivity index (χ0n) is 30.5. The van der Waals surface area contributed by atoms with Gasteiger partial charge in [0, 0.05) is 11.8 Å². The van der Waals surface area contributed by atoms with Crippen LogP contribution in [-0.4, -0.2) is 11.6 Å². The number of Topliss-reactive ketones (excluding diaryl/α,β-unsaturated/α-hetero) is 2. The van der Waals surface area contributed by atoms with E-state index in [0.717, 1.165) is 11.8 Å². The van der Waals surface area contributed by atoms with Crippen LogP contribution in [0.2, 0.25) is 0 Å². The highest BCUT2D eigenvalue weighted by Gasteiger charge is 2.00. The Morgan fingerprint density at radius 3 is 0.810 bits per heavy atom. The Kier molecular flexibility index (Phi) is 34.3. The van der Waals surface area contributed by atoms with E-state index >= 15 is 0 Å². The fourth-order valence-electron chi connectivity index (χ4n) is 2.25. The quantitative estimate of drug-likeness (QED) is 0.215. The van der Waals surface area contributed by atoms with Crippen LogP contribution in [-0.2, 0) is 9.59 Å². The van der Waals surface area contributed by atoms with Gasteiger partial charge in [-0.2, -0.15) is 0 Å². The van der Waals surface area contributed by atoms with Crippen molar-refractivity contribution in [2.45, 2.75) is 124 Å². The molecule has 0 spiro atoms. The highest BCUT2D eigenvalue weighted by Crippen LogP contribution is 2.03. The van der Waals surface area contributed by atoms with Gasteiger partial charge in [-0.25, -0.2) is 0 Å². The molecule has 0 N–H and O–H groups in total. The first-order valence-electron chi connectivity index (χ1n) is 15.7. The van der Waals surface area contributed by atoms with Crippen molar-refractivity contribution in [2.24, 2.45) is 23.7 Å². The van der Waals surface area contributed by atoms with Crippen LogP contribution in [0.1, 0.15) is 124 Å². The van der Waals surface area contributed by atoms with Crippen molar-refractivity contribution in [2.75, 3.05) is 0 Å². The second-order valence-corrected chi connectivity index (χ2v) is 12.1. The fourth-order valence-corrected chi connectivity index (χ4v) is 2.25. The summed E-state index contributed by atoms with van der Waals surface area (Å²) < 4.78 is 0. The molecular weight excluding hydrogens is 512 g/mol. The van der Waals surface area contributed by atoms with Crippen LogP contribution < -0.4 is 0 Å². The molecule has 2 heteroatoms. The molecule has 0 heterocycles. The molecule has 0 aliphatic rings. The summed E-state index contributed by atoms with van der Waals surface area (Å²) in [6, 6.07) is 0. The van der Waals surface area contributed by atoms with Crippen molar-refractivity contribution in [1.82, 2.24) is 0 Å². The van der Waals surface area contributed by atoms with Gasteiger partial charge in [0.1, 0.15) is 11.6 Å². The topological polar surface area (TPSA) is 34.1 Å². The van der Waals surface area contributed by atoms with Gasteiger partial charge in [0.2, 0.25) is 0 Å². The molecule has 0 fully saturated rings. The van der Waals surface area contributed by atoms with Crippen molar-refractivity contribution in [3.63, 3.8) is 0 Å². The second kappa shape index (κ2) is 31.2. The van der Waals surface area contributed by atoms with Gasteiger partial charge in [-0.15, -0.1) is 0 Å². The largest absolute Gasteiger partial charge is 0.299 e. The lowest BCUT2D eigenvalue weighted by molar-refractivity contribution is -0.119. The SMILES string of the molecule is CC(=O)C(C)C=CC=C(C)C.CC(=O)C(C)C=CC=C(C)C.CCC(C)C=CC=C(C)C.CCC(C)C=CC=C(C)C. The number of hydrogen-bond acceptors (Lipinski definition) is 2. The summed E-state index contributed by atoms with van der Waals surface area (Å²) in [5.74, 6) is 1.95. The molecule has 0 aliphatic carbocycles. The monoisotopic (exact) mass is 581 g/mol. The molecular formula is C40H68O2. The van der Waals surface area contributed by atoms with Gasteiger partial charge in [-0.05, 0) is 81.1 Å². The Hall–Kier alpha value is -2.74. The Bertz CT molecular complexity index is 850. The van der Waals surface area contributed by atoms with Crippen LogP contribution in [0.5, 0.6) is 0 Å². The first-order valence-corrected chi connectivity index (χ1v) is 15.7. The van der Waals surface area contributed by atoms with E-state index in [4.69, 9.17) is 0 Å². The number of ketones is 2. The lowest BCUT2D eigenvalue weighted by Crippen LogP contribution is -2.01. The number of rotatable bonds is 12. The standard InChI is InChI=1S/2C10H16O.2C10H18/c2*1-8(2)6-5-7-9(3)10(4)11;2*1-5-10(4)8-6-7-9(2)3/h2*5-7,9H,1-4H3;2*6-8,10H,5H2,1-4H3. The lowest BCUT2D eigenvalue weighted by atomic mass is 10.1. The molecule has 4 unspecified atom stereocenters. The average molecular weight is 581 g/mol. The van der Waals surface area contributed by atoms with Gasteiger partial charge in [0.25, 0.3) is 0 Å². The fraction of sp³-hybridized carbons (Fsp3) is 0.550. The minimum atomic E-state index is 0.0469. The summed E-state index contributed by atoms with van der Waals surface area (Å²) in [5, 5.41) is 0. The summed E-state index contributed by atoms with van der Waals surface area (Å²) >= 11 is 0. The maximum Gasteiger partial charge on any atom is 0.136 e. The van der Waals surface area contributed by atoms with E-state index in [1.807, 2.05) is 78.0 Å². The third-order valence-corrected chi connectivity index (χ3v) is 5.97. The third-order valence-electron chi connectivity index (χ3n) is 5.97. The summed E-state index contributed by atoms with van der Waals surface area (Å²) in [5.41, 5.74) is 5.22. The van der Waals surface area contributed by atoms with Crippen molar-refractivity contribution in [3.05, 3.63) is 95.2 Å². The van der Waals surface area contributed by atoms with Crippen LogP contribution in [0, 0.1) is 23.7 Å². The molecule has 0 aromatic heterocycles. The van der Waals surface area contributed by atoms with Crippen molar-refractivity contribution in [3.8, 4) is 0 Å². The minimum Gasteiger partial charge on any atom is -0.299 e. The van der Waals surface area contributed by atoms with Crippen LogP contribution in [0.15, 0.2) is 95.2 Å². The van der Waals surface area contributed by atoms with E-state index in [1.54, 1.807) is 13.8 Å². The Labute approximate surface area is 263 Å². The Balaban J connectivity index is -0.000000229. The van der Waals surface area contributed by atoms with E-state index in [2.05, 4.69) is 91.8 Å². The van der Waals surface area contributed by atoms with Crippen molar-refractivity contribution >= 4 is 11.6 Å². The van der Waals surface area contributed by atoms with Crippen LogP contribution in [0.4, 0.5) is 0 Å². The maximum atomic E-state index is 10.7. The molecule has 42 heavy (non-hydrogen) atoms. The number of allylic oxidation sites excluding steroid dienone is 16. The minimum absolute atomic E-state index is 0.0469. The van der Waals surface area contributed by atoms with Gasteiger partial charge in [0.05, 0.1) is 0 Å². The molecule has 2 nitrogen and oxygen atoms in total. The highest BCUT2D eigenvalue weighted by atomic mass is 16.1. The molecule has 0 saturated carbocycles. The smallest absolute Gasteiger partial charge is 0.136 e. The summed E-state index contributed by atoms with van der Waals surface area (Å²) in [7, 11) is 0. The van der Waals surface area contributed by atoms with Gasteiger partial charge in [-0.3, -0.25) is 9.59 Å². The molecule has 0 amide bonds. The third kappa shape index (κ3) is 44.3. The molecule has 0 aromatic rings.